The molecule has 3 nitrogen and oxygen atoms in total. The summed E-state index contributed by atoms with van der Waals surface area (Å²) in [6.07, 6.45) is 6.28. The SMILES string of the molecule is CCCOc1cc(N)cc(NC2CCCCC2C(C)C)c1. The van der Waals surface area contributed by atoms with Crippen LogP contribution in [0.4, 0.5) is 11.4 Å². The topological polar surface area (TPSA) is 47.3 Å². The third-order valence-corrected chi connectivity index (χ3v) is 4.43. The quantitative estimate of drug-likeness (QED) is 0.747. The fourth-order valence-electron chi connectivity index (χ4n) is 3.36. The Hall–Kier alpha value is -1.38. The summed E-state index contributed by atoms with van der Waals surface area (Å²) in [5.41, 5.74) is 7.87. The molecular weight excluding hydrogens is 260 g/mol. The smallest absolute Gasteiger partial charge is 0.123 e. The van der Waals surface area contributed by atoms with Crippen molar-refractivity contribution >= 4 is 11.4 Å². The van der Waals surface area contributed by atoms with Crippen molar-refractivity contribution in [1.82, 2.24) is 0 Å². The van der Waals surface area contributed by atoms with Crippen LogP contribution in [0, 0.1) is 11.8 Å². The van der Waals surface area contributed by atoms with Crippen LogP contribution in [0.2, 0.25) is 0 Å². The number of rotatable bonds is 6. The van der Waals surface area contributed by atoms with Crippen LogP contribution >= 0.6 is 0 Å². The Morgan fingerprint density at radius 3 is 2.71 bits per heavy atom. The number of nitrogen functional groups attached to an aromatic ring is 1. The lowest BCUT2D eigenvalue weighted by Gasteiger charge is -2.35. The van der Waals surface area contributed by atoms with Gasteiger partial charge in [-0.15, -0.1) is 0 Å². The second-order valence-electron chi connectivity index (χ2n) is 6.58. The van der Waals surface area contributed by atoms with Crippen molar-refractivity contribution < 1.29 is 4.74 Å². The lowest BCUT2D eigenvalue weighted by atomic mass is 9.78. The summed E-state index contributed by atoms with van der Waals surface area (Å²) in [4.78, 5) is 0. The minimum atomic E-state index is 0.555. The summed E-state index contributed by atoms with van der Waals surface area (Å²) in [6.45, 7) is 7.52. The van der Waals surface area contributed by atoms with Gasteiger partial charge < -0.3 is 15.8 Å². The van der Waals surface area contributed by atoms with Gasteiger partial charge in [-0.1, -0.05) is 33.6 Å². The molecule has 3 N–H and O–H groups in total. The first-order chi connectivity index (χ1) is 10.1. The van der Waals surface area contributed by atoms with Crippen molar-refractivity contribution in [2.45, 2.75) is 58.9 Å². The Balaban J connectivity index is 2.08. The summed E-state index contributed by atoms with van der Waals surface area (Å²) in [6, 6.07) is 6.56. The maximum Gasteiger partial charge on any atom is 0.123 e. The molecule has 21 heavy (non-hydrogen) atoms. The number of hydrogen-bond donors (Lipinski definition) is 2. The molecule has 1 fully saturated rings. The fraction of sp³-hybridized carbons (Fsp3) is 0.667. The first kappa shape index (κ1) is 16.0. The number of nitrogens with one attached hydrogen (secondary N) is 1. The minimum absolute atomic E-state index is 0.555. The number of anilines is 2. The summed E-state index contributed by atoms with van der Waals surface area (Å²) in [5, 5.41) is 3.71. The molecule has 0 aliphatic heterocycles. The molecule has 0 radical (unpaired) electrons. The van der Waals surface area contributed by atoms with E-state index in [9.17, 15) is 0 Å². The molecule has 0 amide bonds. The summed E-state index contributed by atoms with van der Waals surface area (Å²) < 4.78 is 5.72. The zero-order valence-corrected chi connectivity index (χ0v) is 13.7. The number of ether oxygens (including phenoxy) is 1. The lowest BCUT2D eigenvalue weighted by molar-refractivity contribution is 0.253. The Bertz CT molecular complexity index is 445. The molecule has 118 valence electrons. The van der Waals surface area contributed by atoms with E-state index in [-0.39, 0.29) is 0 Å². The molecule has 0 bridgehead atoms. The number of hydrogen-bond acceptors (Lipinski definition) is 3. The highest BCUT2D eigenvalue weighted by Crippen LogP contribution is 2.33. The largest absolute Gasteiger partial charge is 0.493 e. The van der Waals surface area contributed by atoms with Crippen LogP contribution < -0.4 is 15.8 Å². The van der Waals surface area contributed by atoms with Crippen LogP contribution in [-0.4, -0.2) is 12.6 Å². The van der Waals surface area contributed by atoms with E-state index in [1.165, 1.54) is 25.7 Å². The van der Waals surface area contributed by atoms with Crippen molar-refractivity contribution in [3.05, 3.63) is 18.2 Å². The van der Waals surface area contributed by atoms with E-state index >= 15 is 0 Å². The average molecular weight is 290 g/mol. The molecule has 2 unspecified atom stereocenters. The maximum absolute atomic E-state index is 6.01. The molecule has 0 saturated heterocycles. The monoisotopic (exact) mass is 290 g/mol. The Morgan fingerprint density at radius 1 is 1.24 bits per heavy atom. The first-order valence-electron chi connectivity index (χ1n) is 8.40. The molecule has 2 rings (SSSR count). The second-order valence-corrected chi connectivity index (χ2v) is 6.58. The first-order valence-corrected chi connectivity index (χ1v) is 8.40. The second kappa shape index (κ2) is 7.58. The van der Waals surface area contributed by atoms with Crippen LogP contribution in [0.5, 0.6) is 5.75 Å². The minimum Gasteiger partial charge on any atom is -0.493 e. The highest BCUT2D eigenvalue weighted by molar-refractivity contribution is 5.59. The Morgan fingerprint density at radius 2 is 2.00 bits per heavy atom. The third-order valence-electron chi connectivity index (χ3n) is 4.43. The van der Waals surface area contributed by atoms with E-state index < -0.39 is 0 Å². The normalized spacial score (nSPS) is 22.3. The van der Waals surface area contributed by atoms with Crippen molar-refractivity contribution in [1.29, 1.82) is 0 Å². The van der Waals surface area contributed by atoms with Gasteiger partial charge in [0.25, 0.3) is 0 Å². The van der Waals surface area contributed by atoms with Gasteiger partial charge in [0.2, 0.25) is 0 Å². The third kappa shape index (κ3) is 4.55. The lowest BCUT2D eigenvalue weighted by Crippen LogP contribution is -2.35. The van der Waals surface area contributed by atoms with Gasteiger partial charge in [0.15, 0.2) is 0 Å². The Labute approximate surface area is 129 Å². The zero-order valence-electron chi connectivity index (χ0n) is 13.7. The molecular formula is C18H30N2O. The molecule has 1 aromatic carbocycles. The average Bonchev–Trinajstić information content (AvgIpc) is 2.45. The molecule has 1 aliphatic carbocycles. The predicted octanol–water partition coefficient (Wildman–Crippen LogP) is 4.68. The van der Waals surface area contributed by atoms with Crippen molar-refractivity contribution in [2.75, 3.05) is 17.7 Å². The van der Waals surface area contributed by atoms with Gasteiger partial charge in [-0.05, 0) is 37.2 Å². The van der Waals surface area contributed by atoms with Crippen molar-refractivity contribution in [3.8, 4) is 5.75 Å². The van der Waals surface area contributed by atoms with E-state index in [4.69, 9.17) is 10.5 Å². The molecule has 1 aromatic rings. The molecule has 3 heteroatoms. The van der Waals surface area contributed by atoms with Gasteiger partial charge in [0.1, 0.15) is 5.75 Å². The van der Waals surface area contributed by atoms with E-state index in [0.29, 0.717) is 6.04 Å². The van der Waals surface area contributed by atoms with Crippen LogP contribution in [0.25, 0.3) is 0 Å². The van der Waals surface area contributed by atoms with Gasteiger partial charge in [-0.25, -0.2) is 0 Å². The molecule has 0 spiro atoms. The predicted molar refractivity (Wildman–Crippen MR) is 90.8 cm³/mol. The maximum atomic E-state index is 6.01. The van der Waals surface area contributed by atoms with E-state index in [2.05, 4.69) is 32.2 Å². The van der Waals surface area contributed by atoms with E-state index in [1.807, 2.05) is 12.1 Å². The van der Waals surface area contributed by atoms with Gasteiger partial charge in [-0.3, -0.25) is 0 Å². The number of benzene rings is 1. The van der Waals surface area contributed by atoms with Crippen LogP contribution in [0.1, 0.15) is 52.9 Å². The van der Waals surface area contributed by atoms with E-state index in [0.717, 1.165) is 42.0 Å². The number of nitrogens with two attached hydrogens (primary N) is 1. The standard InChI is InChI=1S/C18H30N2O/c1-4-9-21-16-11-14(19)10-15(12-16)20-18-8-6-5-7-17(18)13(2)3/h10-13,17-18,20H,4-9,19H2,1-3H3. The van der Waals surface area contributed by atoms with Gasteiger partial charge >= 0.3 is 0 Å². The van der Waals surface area contributed by atoms with Crippen LogP contribution in [0.15, 0.2) is 18.2 Å². The van der Waals surface area contributed by atoms with Gasteiger partial charge in [0, 0.05) is 29.5 Å². The molecule has 2 atom stereocenters. The summed E-state index contributed by atoms with van der Waals surface area (Å²) >= 11 is 0. The fourth-order valence-corrected chi connectivity index (χ4v) is 3.36. The molecule has 1 saturated carbocycles. The van der Waals surface area contributed by atoms with Gasteiger partial charge in [0.05, 0.1) is 6.61 Å². The molecule has 1 aliphatic rings. The molecule has 0 heterocycles. The van der Waals surface area contributed by atoms with Crippen LogP contribution in [0.3, 0.4) is 0 Å². The van der Waals surface area contributed by atoms with Gasteiger partial charge in [-0.2, -0.15) is 0 Å². The van der Waals surface area contributed by atoms with Crippen molar-refractivity contribution in [2.24, 2.45) is 11.8 Å². The van der Waals surface area contributed by atoms with Crippen LogP contribution in [-0.2, 0) is 0 Å². The molecule has 0 aromatic heterocycles. The highest BCUT2D eigenvalue weighted by Gasteiger charge is 2.27. The Kier molecular flexibility index (Phi) is 5.77. The zero-order chi connectivity index (χ0) is 15.2. The highest BCUT2D eigenvalue weighted by atomic mass is 16.5. The summed E-state index contributed by atoms with van der Waals surface area (Å²) in [5.74, 6) is 2.34. The van der Waals surface area contributed by atoms with Crippen molar-refractivity contribution in [3.63, 3.8) is 0 Å². The van der Waals surface area contributed by atoms with E-state index in [1.54, 1.807) is 0 Å². The summed E-state index contributed by atoms with van der Waals surface area (Å²) in [7, 11) is 0.